The van der Waals surface area contributed by atoms with Crippen LogP contribution in [-0.2, 0) is 0 Å². The first kappa shape index (κ1) is 17.8. The van der Waals surface area contributed by atoms with Crippen molar-refractivity contribution in [3.8, 4) is 17.2 Å². The molecule has 4 nitrogen and oxygen atoms in total. The molecule has 0 radical (unpaired) electrons. The Morgan fingerprint density at radius 3 is 2.43 bits per heavy atom. The third kappa shape index (κ3) is 3.34. The van der Waals surface area contributed by atoms with Crippen molar-refractivity contribution >= 4 is 11.9 Å². The number of carbonyl (C=O) groups excluding carboxylic acids is 1. The molecule has 0 aliphatic carbocycles. The van der Waals surface area contributed by atoms with Crippen LogP contribution in [0.25, 0.3) is 6.08 Å². The number of benzene rings is 3. The van der Waals surface area contributed by atoms with Crippen molar-refractivity contribution in [1.29, 1.82) is 0 Å². The lowest BCUT2D eigenvalue weighted by Crippen LogP contribution is -2.23. The highest BCUT2D eigenvalue weighted by molar-refractivity contribution is 6.14. The topological polar surface area (TPSA) is 55.8 Å². The molecule has 0 amide bonds. The van der Waals surface area contributed by atoms with Crippen molar-refractivity contribution in [3.05, 3.63) is 94.8 Å². The number of phenolic OH excluding ortho intramolecular Hbond substituents is 1. The van der Waals surface area contributed by atoms with Crippen molar-refractivity contribution in [3.63, 3.8) is 0 Å². The molecule has 0 bridgehead atoms. The predicted molar refractivity (Wildman–Crippen MR) is 103 cm³/mol. The van der Waals surface area contributed by atoms with Gasteiger partial charge in [-0.3, -0.25) is 4.79 Å². The summed E-state index contributed by atoms with van der Waals surface area (Å²) in [5.74, 6) is 0.484. The average Bonchev–Trinajstić information content (AvgIpc) is 2.72. The summed E-state index contributed by atoms with van der Waals surface area (Å²) in [4.78, 5) is 13.2. The Hall–Kier alpha value is -3.60. The molecule has 140 valence electrons. The lowest BCUT2D eigenvalue weighted by atomic mass is 9.89. The number of fused-ring (bicyclic) bond motifs is 1. The van der Waals surface area contributed by atoms with Crippen molar-refractivity contribution < 1.29 is 23.8 Å². The van der Waals surface area contributed by atoms with Crippen LogP contribution in [0.15, 0.2) is 72.3 Å². The monoisotopic (exact) mass is 376 g/mol. The highest BCUT2D eigenvalue weighted by Gasteiger charge is 2.33. The SMILES string of the molecule is COc1ccc(C2Oc3ccc(O)cc3C(=O)C2=Cc2ccc(F)cc2)cc1. The second-order valence-electron chi connectivity index (χ2n) is 6.43. The molecular weight excluding hydrogens is 359 g/mol. The van der Waals surface area contributed by atoms with Crippen LogP contribution >= 0.6 is 0 Å². The number of aromatic hydroxyl groups is 1. The van der Waals surface area contributed by atoms with Crippen LogP contribution in [0.2, 0.25) is 0 Å². The molecule has 0 fully saturated rings. The van der Waals surface area contributed by atoms with E-state index in [1.165, 1.54) is 24.3 Å². The normalized spacial score (nSPS) is 17.1. The van der Waals surface area contributed by atoms with E-state index >= 15 is 0 Å². The first-order valence-electron chi connectivity index (χ1n) is 8.70. The zero-order valence-corrected chi connectivity index (χ0v) is 15.1. The predicted octanol–water partition coefficient (Wildman–Crippen LogP) is 4.94. The van der Waals surface area contributed by atoms with Crippen LogP contribution in [-0.4, -0.2) is 18.0 Å². The average molecular weight is 376 g/mol. The van der Waals surface area contributed by atoms with Crippen molar-refractivity contribution in [2.45, 2.75) is 6.10 Å². The molecule has 0 aromatic heterocycles. The van der Waals surface area contributed by atoms with E-state index in [0.29, 0.717) is 22.6 Å². The smallest absolute Gasteiger partial charge is 0.196 e. The van der Waals surface area contributed by atoms with Crippen molar-refractivity contribution in [2.24, 2.45) is 0 Å². The fraction of sp³-hybridized carbons (Fsp3) is 0.0870. The Labute approximate surface area is 161 Å². The molecule has 4 rings (SSSR count). The second-order valence-corrected chi connectivity index (χ2v) is 6.43. The molecule has 5 heteroatoms. The summed E-state index contributed by atoms with van der Waals surface area (Å²) in [5.41, 5.74) is 2.14. The highest BCUT2D eigenvalue weighted by Crippen LogP contribution is 2.40. The number of ether oxygens (including phenoxy) is 2. The third-order valence-corrected chi connectivity index (χ3v) is 4.61. The zero-order valence-electron chi connectivity index (χ0n) is 15.1. The Balaban J connectivity index is 1.83. The number of rotatable bonds is 3. The van der Waals surface area contributed by atoms with Crippen LogP contribution in [0.5, 0.6) is 17.2 Å². The fourth-order valence-electron chi connectivity index (χ4n) is 3.17. The van der Waals surface area contributed by atoms with Gasteiger partial charge in [0.2, 0.25) is 0 Å². The van der Waals surface area contributed by atoms with Crippen LogP contribution in [0.1, 0.15) is 27.6 Å². The lowest BCUT2D eigenvalue weighted by molar-refractivity contribution is 0.0963. The third-order valence-electron chi connectivity index (χ3n) is 4.61. The number of halogens is 1. The van der Waals surface area contributed by atoms with E-state index in [9.17, 15) is 14.3 Å². The van der Waals surface area contributed by atoms with E-state index in [1.807, 2.05) is 12.1 Å². The van der Waals surface area contributed by atoms with Gasteiger partial charge in [-0.15, -0.1) is 0 Å². The summed E-state index contributed by atoms with van der Waals surface area (Å²) in [6.45, 7) is 0. The van der Waals surface area contributed by atoms with E-state index < -0.39 is 6.10 Å². The molecule has 3 aromatic carbocycles. The van der Waals surface area contributed by atoms with Gasteiger partial charge in [0.15, 0.2) is 11.9 Å². The molecule has 1 heterocycles. The summed E-state index contributed by atoms with van der Waals surface area (Å²) >= 11 is 0. The number of phenols is 1. The number of hydrogen-bond donors (Lipinski definition) is 1. The van der Waals surface area contributed by atoms with Crippen molar-refractivity contribution in [1.82, 2.24) is 0 Å². The molecule has 1 aliphatic rings. The Morgan fingerprint density at radius 1 is 1.04 bits per heavy atom. The second kappa shape index (κ2) is 7.19. The zero-order chi connectivity index (χ0) is 19.7. The molecule has 1 unspecified atom stereocenters. The van der Waals surface area contributed by atoms with Gasteiger partial charge >= 0.3 is 0 Å². The molecular formula is C23H17FO4. The highest BCUT2D eigenvalue weighted by atomic mass is 19.1. The summed E-state index contributed by atoms with van der Waals surface area (Å²) in [7, 11) is 1.58. The Kier molecular flexibility index (Phi) is 4.57. The minimum absolute atomic E-state index is 0.0141. The van der Waals surface area contributed by atoms with Crippen LogP contribution in [0.3, 0.4) is 0 Å². The molecule has 0 saturated carbocycles. The maximum Gasteiger partial charge on any atom is 0.196 e. The summed E-state index contributed by atoms with van der Waals surface area (Å²) in [5, 5.41) is 9.77. The quantitative estimate of drug-likeness (QED) is 0.658. The number of Topliss-reactive ketones (excluding diaryl/α,β-unsaturated/α-hetero) is 1. The lowest BCUT2D eigenvalue weighted by Gasteiger charge is -2.28. The Morgan fingerprint density at radius 2 is 1.75 bits per heavy atom. The van der Waals surface area contributed by atoms with Gasteiger partial charge in [0.05, 0.1) is 12.7 Å². The summed E-state index contributed by atoms with van der Waals surface area (Å²) in [6, 6.07) is 17.6. The van der Waals surface area contributed by atoms with Crippen LogP contribution in [0.4, 0.5) is 4.39 Å². The maximum absolute atomic E-state index is 13.2. The maximum atomic E-state index is 13.2. The van der Waals surface area contributed by atoms with Gasteiger partial charge in [0.1, 0.15) is 23.1 Å². The van der Waals surface area contributed by atoms with Gasteiger partial charge in [-0.05, 0) is 59.7 Å². The van der Waals surface area contributed by atoms with Gasteiger partial charge in [0.25, 0.3) is 0 Å². The largest absolute Gasteiger partial charge is 0.508 e. The number of carbonyl (C=O) groups is 1. The number of hydrogen-bond acceptors (Lipinski definition) is 4. The van der Waals surface area contributed by atoms with E-state index in [4.69, 9.17) is 9.47 Å². The minimum atomic E-state index is -0.638. The van der Waals surface area contributed by atoms with Crippen molar-refractivity contribution in [2.75, 3.05) is 7.11 Å². The van der Waals surface area contributed by atoms with Crippen LogP contribution in [0, 0.1) is 5.82 Å². The van der Waals surface area contributed by atoms with E-state index in [1.54, 1.807) is 43.5 Å². The number of ketones is 1. The minimum Gasteiger partial charge on any atom is -0.508 e. The van der Waals surface area contributed by atoms with Gasteiger partial charge in [0, 0.05) is 5.57 Å². The molecule has 1 aliphatic heterocycles. The molecule has 1 atom stereocenters. The fourth-order valence-corrected chi connectivity index (χ4v) is 3.17. The molecule has 0 spiro atoms. The van der Waals surface area contributed by atoms with E-state index in [-0.39, 0.29) is 22.9 Å². The van der Waals surface area contributed by atoms with E-state index in [0.717, 1.165) is 5.56 Å². The van der Waals surface area contributed by atoms with E-state index in [2.05, 4.69) is 0 Å². The number of methoxy groups -OCH3 is 1. The molecule has 3 aromatic rings. The van der Waals surface area contributed by atoms with Gasteiger partial charge in [-0.1, -0.05) is 24.3 Å². The molecule has 0 saturated heterocycles. The van der Waals surface area contributed by atoms with Gasteiger partial charge in [-0.25, -0.2) is 4.39 Å². The first-order chi connectivity index (χ1) is 13.5. The van der Waals surface area contributed by atoms with Gasteiger partial charge < -0.3 is 14.6 Å². The Bertz CT molecular complexity index is 1050. The summed E-state index contributed by atoms with van der Waals surface area (Å²) in [6.07, 6.45) is 1.05. The molecule has 28 heavy (non-hydrogen) atoms. The summed E-state index contributed by atoms with van der Waals surface area (Å²) < 4.78 is 24.5. The first-order valence-corrected chi connectivity index (χ1v) is 8.70. The molecule has 1 N–H and O–H groups in total. The van der Waals surface area contributed by atoms with Crippen LogP contribution < -0.4 is 9.47 Å². The standard InChI is InChI=1S/C23H17FO4/c1-27-18-9-4-15(5-10-18)23-20(12-14-2-6-16(24)7-3-14)22(26)19-13-17(25)8-11-21(19)28-23/h2-13,23,25H,1H3. The van der Waals surface area contributed by atoms with Gasteiger partial charge in [-0.2, -0.15) is 0 Å².